The summed E-state index contributed by atoms with van der Waals surface area (Å²) >= 11 is 0. The van der Waals surface area contributed by atoms with Gasteiger partial charge in [-0.05, 0) is 24.3 Å². The van der Waals surface area contributed by atoms with Crippen molar-refractivity contribution in [2.75, 3.05) is 5.32 Å². The van der Waals surface area contributed by atoms with Gasteiger partial charge in [0.1, 0.15) is 0 Å². The fourth-order valence-electron chi connectivity index (χ4n) is 2.07. The molecule has 0 spiro atoms. The van der Waals surface area contributed by atoms with Crippen LogP contribution in [0.1, 0.15) is 10.4 Å². The molecule has 1 amide bonds. The summed E-state index contributed by atoms with van der Waals surface area (Å²) in [5.41, 5.74) is 0.313. The van der Waals surface area contributed by atoms with Crippen LogP contribution in [0.2, 0.25) is 0 Å². The average molecular weight is 290 g/mol. The molecule has 1 heterocycles. The molecule has 6 nitrogen and oxygen atoms in total. The molecule has 0 atom stereocenters. The summed E-state index contributed by atoms with van der Waals surface area (Å²) in [6, 6.07) is 15.1. The summed E-state index contributed by atoms with van der Waals surface area (Å²) in [4.78, 5) is 28.6. The lowest BCUT2D eigenvalue weighted by Crippen LogP contribution is -2.25. The Kier molecular flexibility index (Phi) is 3.38. The third kappa shape index (κ3) is 2.31. The van der Waals surface area contributed by atoms with Gasteiger partial charge < -0.3 is 0 Å². The van der Waals surface area contributed by atoms with Crippen molar-refractivity contribution in [1.29, 1.82) is 5.26 Å². The number of benzene rings is 2. The maximum absolute atomic E-state index is 12.2. The smallest absolute Gasteiger partial charge is 0.276 e. The number of carbonyl (C=O) groups excluding carboxylic acids is 1. The largest absolute Gasteiger partial charge is 0.291 e. The molecule has 0 bridgehead atoms. The molecule has 106 valence electrons. The van der Waals surface area contributed by atoms with Crippen LogP contribution in [0.4, 0.5) is 5.95 Å². The van der Waals surface area contributed by atoms with E-state index in [2.05, 4.69) is 10.3 Å². The summed E-state index contributed by atoms with van der Waals surface area (Å²) in [6.07, 6.45) is 1.74. The van der Waals surface area contributed by atoms with E-state index >= 15 is 0 Å². The van der Waals surface area contributed by atoms with Crippen molar-refractivity contribution in [1.82, 2.24) is 9.55 Å². The highest BCUT2D eigenvalue weighted by atomic mass is 16.2. The summed E-state index contributed by atoms with van der Waals surface area (Å²) in [6.45, 7) is 0. The van der Waals surface area contributed by atoms with Crippen molar-refractivity contribution in [2.45, 2.75) is 0 Å². The van der Waals surface area contributed by atoms with Crippen LogP contribution in [-0.2, 0) is 0 Å². The first-order chi connectivity index (χ1) is 10.7. The van der Waals surface area contributed by atoms with Gasteiger partial charge in [0.25, 0.3) is 11.5 Å². The van der Waals surface area contributed by atoms with E-state index in [1.54, 1.807) is 60.8 Å². The van der Waals surface area contributed by atoms with E-state index in [-0.39, 0.29) is 5.95 Å². The quantitative estimate of drug-likeness (QED) is 0.781. The van der Waals surface area contributed by atoms with E-state index in [0.717, 1.165) is 4.57 Å². The second kappa shape index (κ2) is 5.50. The van der Waals surface area contributed by atoms with Gasteiger partial charge in [0.05, 0.1) is 10.9 Å². The predicted molar refractivity (Wildman–Crippen MR) is 81.4 cm³/mol. The maximum atomic E-state index is 12.2. The van der Waals surface area contributed by atoms with Crippen molar-refractivity contribution >= 4 is 22.8 Å². The molecule has 3 rings (SSSR count). The van der Waals surface area contributed by atoms with Crippen molar-refractivity contribution in [2.24, 2.45) is 0 Å². The topological polar surface area (TPSA) is 87.8 Å². The Morgan fingerprint density at radius 1 is 1.09 bits per heavy atom. The van der Waals surface area contributed by atoms with Gasteiger partial charge in [-0.2, -0.15) is 9.83 Å². The lowest BCUT2D eigenvalue weighted by Gasteiger charge is -2.08. The molecule has 3 aromatic rings. The molecule has 0 aliphatic rings. The van der Waals surface area contributed by atoms with E-state index in [1.165, 1.54) is 0 Å². The number of hydrogen-bond donors (Lipinski definition) is 1. The zero-order chi connectivity index (χ0) is 15.5. The highest BCUT2D eigenvalue weighted by Crippen LogP contribution is 2.11. The van der Waals surface area contributed by atoms with E-state index in [0.29, 0.717) is 16.5 Å². The molecule has 0 unspecified atom stereocenters. The Morgan fingerprint density at radius 2 is 1.77 bits per heavy atom. The zero-order valence-electron chi connectivity index (χ0n) is 11.4. The summed E-state index contributed by atoms with van der Waals surface area (Å²) < 4.78 is 0.767. The van der Waals surface area contributed by atoms with Crippen LogP contribution in [-0.4, -0.2) is 15.5 Å². The number of carbonyl (C=O) groups is 1. The fourth-order valence-corrected chi connectivity index (χ4v) is 2.07. The van der Waals surface area contributed by atoms with Gasteiger partial charge in [-0.15, -0.1) is 0 Å². The monoisotopic (exact) mass is 290 g/mol. The van der Waals surface area contributed by atoms with Gasteiger partial charge in [0, 0.05) is 5.56 Å². The number of amides is 1. The lowest BCUT2D eigenvalue weighted by atomic mass is 10.2. The number of para-hydroxylation sites is 1. The number of anilines is 1. The summed E-state index contributed by atoms with van der Waals surface area (Å²) in [5.74, 6) is -0.535. The van der Waals surface area contributed by atoms with Crippen LogP contribution in [0.3, 0.4) is 0 Å². The molecule has 22 heavy (non-hydrogen) atoms. The van der Waals surface area contributed by atoms with E-state index in [1.807, 2.05) is 0 Å². The molecule has 1 N–H and O–H groups in total. The van der Waals surface area contributed by atoms with Crippen LogP contribution in [0, 0.1) is 11.5 Å². The van der Waals surface area contributed by atoms with Crippen LogP contribution < -0.4 is 10.9 Å². The molecule has 1 aromatic heterocycles. The number of aromatic nitrogens is 2. The number of fused-ring (bicyclic) bond motifs is 1. The molecule has 0 aliphatic heterocycles. The highest BCUT2D eigenvalue weighted by Gasteiger charge is 2.13. The average Bonchev–Trinajstić information content (AvgIpc) is 2.56. The molecule has 6 heteroatoms. The van der Waals surface area contributed by atoms with Crippen molar-refractivity contribution in [3.05, 3.63) is 70.5 Å². The first kappa shape index (κ1) is 13.5. The fraction of sp³-hybridized carbons (Fsp3) is 0. The van der Waals surface area contributed by atoms with Crippen molar-refractivity contribution in [3.63, 3.8) is 0 Å². The van der Waals surface area contributed by atoms with Gasteiger partial charge in [0.15, 0.2) is 6.19 Å². The van der Waals surface area contributed by atoms with Crippen LogP contribution >= 0.6 is 0 Å². The molecule has 0 saturated carbocycles. The SMILES string of the molecule is N#Cn1c(NC(=O)c2ccccc2)nc2ccccc2c1=O. The molecular formula is C16H10N4O2. The van der Waals surface area contributed by atoms with Gasteiger partial charge >= 0.3 is 0 Å². The Labute approximate surface area is 125 Å². The number of nitrogens with one attached hydrogen (secondary N) is 1. The zero-order valence-corrected chi connectivity index (χ0v) is 11.4. The second-order valence-electron chi connectivity index (χ2n) is 4.51. The van der Waals surface area contributed by atoms with Gasteiger partial charge in [-0.1, -0.05) is 30.3 Å². The Balaban J connectivity index is 2.09. The molecule has 0 fully saturated rings. The van der Waals surface area contributed by atoms with Crippen molar-refractivity contribution < 1.29 is 4.79 Å². The van der Waals surface area contributed by atoms with Gasteiger partial charge in [-0.25, -0.2) is 4.98 Å². The van der Waals surface area contributed by atoms with Crippen LogP contribution in [0.15, 0.2) is 59.4 Å². The van der Waals surface area contributed by atoms with Crippen molar-refractivity contribution in [3.8, 4) is 6.19 Å². The molecule has 0 saturated heterocycles. The predicted octanol–water partition coefficient (Wildman–Crippen LogP) is 1.98. The minimum absolute atomic E-state index is 0.0972. The number of nitriles is 1. The first-order valence-corrected chi connectivity index (χ1v) is 6.49. The first-order valence-electron chi connectivity index (χ1n) is 6.49. The van der Waals surface area contributed by atoms with E-state index < -0.39 is 11.5 Å². The summed E-state index contributed by atoms with van der Waals surface area (Å²) in [5, 5.41) is 12.0. The third-order valence-corrected chi connectivity index (χ3v) is 3.14. The standard InChI is InChI=1S/C16H10N4O2/c17-10-20-15(22)12-8-4-5-9-13(12)18-16(20)19-14(21)11-6-2-1-3-7-11/h1-9H,(H,18,19,21). The molecular weight excluding hydrogens is 280 g/mol. The van der Waals surface area contributed by atoms with Gasteiger partial charge in [-0.3, -0.25) is 14.9 Å². The van der Waals surface area contributed by atoms with Crippen LogP contribution in [0.25, 0.3) is 10.9 Å². The Morgan fingerprint density at radius 3 is 2.50 bits per heavy atom. The van der Waals surface area contributed by atoms with E-state index in [4.69, 9.17) is 5.26 Å². The van der Waals surface area contributed by atoms with E-state index in [9.17, 15) is 9.59 Å². The van der Waals surface area contributed by atoms with Gasteiger partial charge in [0.2, 0.25) is 5.95 Å². The highest BCUT2D eigenvalue weighted by molar-refractivity contribution is 6.03. The summed E-state index contributed by atoms with van der Waals surface area (Å²) in [7, 11) is 0. The Bertz CT molecular complexity index is 955. The molecule has 0 aliphatic carbocycles. The normalized spacial score (nSPS) is 10.1. The lowest BCUT2D eigenvalue weighted by molar-refractivity contribution is 0.102. The third-order valence-electron chi connectivity index (χ3n) is 3.14. The molecule has 0 radical (unpaired) electrons. The second-order valence-corrected chi connectivity index (χ2v) is 4.51. The number of hydrogen-bond acceptors (Lipinski definition) is 4. The van der Waals surface area contributed by atoms with Crippen LogP contribution in [0.5, 0.6) is 0 Å². The minimum atomic E-state index is -0.517. The number of nitrogens with zero attached hydrogens (tertiary/aromatic N) is 3. The number of rotatable bonds is 2. The Hall–Kier alpha value is -3.46. The maximum Gasteiger partial charge on any atom is 0.276 e. The molecule has 2 aromatic carbocycles. The minimum Gasteiger partial charge on any atom is -0.291 e.